The zero-order valence-electron chi connectivity index (χ0n) is 18.6. The van der Waals surface area contributed by atoms with Gasteiger partial charge in [0.2, 0.25) is 11.8 Å². The second-order valence-corrected chi connectivity index (χ2v) is 12.2. The Morgan fingerprint density at radius 2 is 1.06 bits per heavy atom. The minimum atomic E-state index is -0.0646. The first-order chi connectivity index (χ1) is 16.3. The molecule has 3 aromatic carbocycles. The highest BCUT2D eigenvalue weighted by Gasteiger charge is 2.36. The molecule has 0 aliphatic carbocycles. The van der Waals surface area contributed by atoms with E-state index in [2.05, 4.69) is 56.1 Å². The highest BCUT2D eigenvalue weighted by molar-refractivity contribution is 9.10. The van der Waals surface area contributed by atoms with Crippen molar-refractivity contribution >= 4 is 78.6 Å². The van der Waals surface area contributed by atoms with Crippen LogP contribution in [0.5, 0.6) is 0 Å². The number of nitrogens with zero attached hydrogens (tertiary/aromatic N) is 2. The Balaban J connectivity index is 1.42. The number of amides is 2. The maximum absolute atomic E-state index is 12.8. The Labute approximate surface area is 224 Å². The highest BCUT2D eigenvalue weighted by Crippen LogP contribution is 2.45. The molecule has 2 atom stereocenters. The third-order valence-corrected chi connectivity index (χ3v) is 10.3. The van der Waals surface area contributed by atoms with E-state index in [9.17, 15) is 9.59 Å². The van der Waals surface area contributed by atoms with E-state index in [0.29, 0.717) is 11.5 Å². The molecule has 0 spiro atoms. The maximum atomic E-state index is 12.8. The molecule has 2 heterocycles. The number of rotatable bonds is 4. The van der Waals surface area contributed by atoms with Gasteiger partial charge >= 0.3 is 0 Å². The number of hydrogen-bond donors (Lipinski definition) is 0. The van der Waals surface area contributed by atoms with Gasteiger partial charge in [-0.05, 0) is 72.5 Å². The smallest absolute Gasteiger partial charge is 0.238 e. The van der Waals surface area contributed by atoms with E-state index in [-0.39, 0.29) is 22.6 Å². The van der Waals surface area contributed by atoms with Gasteiger partial charge in [0.15, 0.2) is 0 Å². The summed E-state index contributed by atoms with van der Waals surface area (Å²) in [6.45, 7) is 4.06. The Morgan fingerprint density at radius 3 is 1.41 bits per heavy atom. The number of halogens is 2. The average Bonchev–Trinajstić information content (AvgIpc) is 3.40. The lowest BCUT2D eigenvalue weighted by atomic mass is 10.1. The van der Waals surface area contributed by atoms with Gasteiger partial charge in [0.05, 0.1) is 11.5 Å². The lowest BCUT2D eigenvalue weighted by molar-refractivity contribution is -0.116. The van der Waals surface area contributed by atoms with Gasteiger partial charge < -0.3 is 0 Å². The number of anilines is 2. The van der Waals surface area contributed by atoms with Crippen LogP contribution in [0.1, 0.15) is 33.0 Å². The molecule has 34 heavy (non-hydrogen) atoms. The quantitative estimate of drug-likeness (QED) is 0.306. The molecule has 4 nitrogen and oxygen atoms in total. The van der Waals surface area contributed by atoms with Crippen LogP contribution in [-0.2, 0) is 9.59 Å². The molecule has 2 fully saturated rings. The molecule has 0 N–H and O–H groups in total. The van der Waals surface area contributed by atoms with Gasteiger partial charge in [0.25, 0.3) is 0 Å². The summed E-state index contributed by atoms with van der Waals surface area (Å²) in [5, 5.41) is -0.129. The minimum absolute atomic E-state index is 0.0646. The van der Waals surface area contributed by atoms with E-state index in [4.69, 9.17) is 0 Å². The Hall–Kier alpha value is -1.74. The van der Waals surface area contributed by atoms with E-state index in [1.54, 1.807) is 23.5 Å². The predicted molar refractivity (Wildman–Crippen MR) is 150 cm³/mol. The largest absolute Gasteiger partial charge is 0.295 e. The highest BCUT2D eigenvalue weighted by atomic mass is 79.9. The first kappa shape index (κ1) is 24.0. The summed E-state index contributed by atoms with van der Waals surface area (Å²) in [5.74, 6) is 1.17. The first-order valence-electron chi connectivity index (χ1n) is 10.8. The van der Waals surface area contributed by atoms with Crippen molar-refractivity contribution < 1.29 is 9.59 Å². The molecule has 0 bridgehead atoms. The topological polar surface area (TPSA) is 40.6 Å². The molecule has 2 amide bonds. The molecule has 174 valence electrons. The molecule has 0 aromatic heterocycles. The van der Waals surface area contributed by atoms with Crippen LogP contribution in [0.2, 0.25) is 0 Å². The van der Waals surface area contributed by atoms with Crippen LogP contribution in [0.15, 0.2) is 69.6 Å². The molecule has 8 heteroatoms. The first-order valence-corrected chi connectivity index (χ1v) is 14.5. The fraction of sp³-hybridized carbons (Fsp3) is 0.231. The zero-order valence-corrected chi connectivity index (χ0v) is 23.4. The van der Waals surface area contributed by atoms with E-state index < -0.39 is 0 Å². The molecule has 0 unspecified atom stereocenters. The van der Waals surface area contributed by atoms with Crippen molar-refractivity contribution in [3.63, 3.8) is 0 Å². The lowest BCUT2D eigenvalue weighted by Gasteiger charge is -2.27. The van der Waals surface area contributed by atoms with Crippen molar-refractivity contribution in [1.29, 1.82) is 0 Å². The Morgan fingerprint density at radius 1 is 0.676 bits per heavy atom. The summed E-state index contributed by atoms with van der Waals surface area (Å²) >= 11 is 10.4. The van der Waals surface area contributed by atoms with Crippen molar-refractivity contribution in [3.05, 3.63) is 91.9 Å². The molecule has 5 rings (SSSR count). The van der Waals surface area contributed by atoms with E-state index in [0.717, 1.165) is 42.6 Å². The number of carbonyl (C=O) groups excluding carboxylic acids is 2. The lowest BCUT2D eigenvalue weighted by Crippen LogP contribution is -2.28. The number of benzene rings is 3. The molecule has 0 saturated carbocycles. The molecule has 3 aromatic rings. The summed E-state index contributed by atoms with van der Waals surface area (Å²) in [6, 6.07) is 20.4. The van der Waals surface area contributed by atoms with Crippen LogP contribution in [0.25, 0.3) is 0 Å². The third kappa shape index (κ3) is 4.45. The molecule has 2 aliphatic rings. The molecule has 2 saturated heterocycles. The second-order valence-electron chi connectivity index (χ2n) is 8.39. The average molecular weight is 618 g/mol. The van der Waals surface area contributed by atoms with Crippen LogP contribution in [0, 0.1) is 13.8 Å². The van der Waals surface area contributed by atoms with E-state index in [1.165, 1.54) is 0 Å². The van der Waals surface area contributed by atoms with E-state index in [1.807, 2.05) is 60.0 Å². The normalized spacial score (nSPS) is 20.5. The number of aryl methyl sites for hydroxylation is 2. The van der Waals surface area contributed by atoms with Gasteiger partial charge in [-0.2, -0.15) is 0 Å². The summed E-state index contributed by atoms with van der Waals surface area (Å²) in [5.41, 5.74) is 6.20. The third-order valence-electron chi connectivity index (χ3n) is 6.08. The Kier molecular flexibility index (Phi) is 6.86. The van der Waals surface area contributed by atoms with Gasteiger partial charge in [0, 0.05) is 20.3 Å². The van der Waals surface area contributed by atoms with Crippen LogP contribution >= 0.6 is 55.4 Å². The van der Waals surface area contributed by atoms with Gasteiger partial charge in [-0.1, -0.05) is 56.1 Å². The minimum Gasteiger partial charge on any atom is -0.295 e. The number of hydrogen-bond acceptors (Lipinski definition) is 4. The zero-order chi connectivity index (χ0) is 24.0. The monoisotopic (exact) mass is 616 g/mol. The van der Waals surface area contributed by atoms with Crippen LogP contribution in [0.3, 0.4) is 0 Å². The summed E-state index contributed by atoms with van der Waals surface area (Å²) in [6.07, 6.45) is 0. The van der Waals surface area contributed by atoms with Crippen LogP contribution < -0.4 is 9.80 Å². The van der Waals surface area contributed by atoms with Crippen LogP contribution in [0.4, 0.5) is 11.4 Å². The fourth-order valence-electron chi connectivity index (χ4n) is 4.28. The van der Waals surface area contributed by atoms with Gasteiger partial charge in [0.1, 0.15) is 10.7 Å². The number of thioether (sulfide) groups is 2. The van der Waals surface area contributed by atoms with Crippen molar-refractivity contribution in [2.45, 2.75) is 24.6 Å². The fourth-order valence-corrected chi connectivity index (χ4v) is 7.13. The molecular formula is C26H22Br2N2O2S2. The second kappa shape index (κ2) is 9.72. The number of carbonyl (C=O) groups is 2. The maximum Gasteiger partial charge on any atom is 0.238 e. The van der Waals surface area contributed by atoms with Crippen molar-refractivity contribution in [2.75, 3.05) is 21.3 Å². The van der Waals surface area contributed by atoms with Crippen LogP contribution in [-0.4, -0.2) is 23.3 Å². The van der Waals surface area contributed by atoms with Gasteiger partial charge in [-0.15, -0.1) is 23.5 Å². The summed E-state index contributed by atoms with van der Waals surface area (Å²) in [4.78, 5) is 29.3. The standard InChI is InChI=1S/C26H22Br2N2O2S2/c1-15-11-19(7-9-21(15)27)29-23(31)13-33-25(29)17-3-5-18(6-4-17)26-30(24(32)14-34-26)20-8-10-22(28)16(2)12-20/h3-12,25-26H,13-14H2,1-2H3/t25-,26-/m0/s1. The van der Waals surface area contributed by atoms with Crippen molar-refractivity contribution in [3.8, 4) is 0 Å². The van der Waals surface area contributed by atoms with Gasteiger partial charge in [-0.3, -0.25) is 19.4 Å². The SMILES string of the molecule is Cc1cc(N2C(=O)CS[C@H]2c2ccc([C@@H]3SCC(=O)N3c3ccc(Br)c(C)c3)cc2)ccc1Br. The van der Waals surface area contributed by atoms with E-state index >= 15 is 0 Å². The van der Waals surface area contributed by atoms with Crippen molar-refractivity contribution in [2.24, 2.45) is 0 Å². The molecule has 0 radical (unpaired) electrons. The van der Waals surface area contributed by atoms with Gasteiger partial charge in [-0.25, -0.2) is 0 Å². The molecular weight excluding hydrogens is 596 g/mol. The molecule has 2 aliphatic heterocycles. The van der Waals surface area contributed by atoms with Crippen molar-refractivity contribution in [1.82, 2.24) is 0 Å². The summed E-state index contributed by atoms with van der Waals surface area (Å²) in [7, 11) is 0. The predicted octanol–water partition coefficient (Wildman–Crippen LogP) is 7.39. The summed E-state index contributed by atoms with van der Waals surface area (Å²) < 4.78 is 2.07. The Bertz CT molecular complexity index is 1180.